The van der Waals surface area contributed by atoms with Crippen molar-refractivity contribution in [3.05, 3.63) is 23.3 Å². The maximum absolute atomic E-state index is 11.1. The molecule has 1 saturated carbocycles. The molecule has 3 aliphatic carbocycles. The van der Waals surface area contributed by atoms with Crippen molar-refractivity contribution in [1.82, 2.24) is 4.90 Å². The SMILES string of the molecule is CN1CC[C@]23C4=C5C=CC(O)C4(O)O[C@H]2[C@@H](O)CC[C@H]3[C@H]1C5. The van der Waals surface area contributed by atoms with Crippen LogP contribution in [-0.2, 0) is 4.74 Å². The van der Waals surface area contributed by atoms with Crippen molar-refractivity contribution in [2.45, 2.75) is 55.8 Å². The van der Waals surface area contributed by atoms with Gasteiger partial charge in [-0.2, -0.15) is 0 Å². The van der Waals surface area contributed by atoms with E-state index in [9.17, 15) is 15.3 Å². The summed E-state index contributed by atoms with van der Waals surface area (Å²) in [4.78, 5) is 2.42. The lowest BCUT2D eigenvalue weighted by atomic mass is 9.50. The fraction of sp³-hybridized carbons (Fsp3) is 0.765. The molecule has 7 atom stereocenters. The molecule has 0 aromatic carbocycles. The number of hydrogen-bond donors (Lipinski definition) is 3. The fourth-order valence-electron chi connectivity index (χ4n) is 6.09. The first-order chi connectivity index (χ1) is 10.5. The van der Waals surface area contributed by atoms with Crippen molar-refractivity contribution >= 4 is 0 Å². The summed E-state index contributed by atoms with van der Waals surface area (Å²) in [5, 5.41) is 32.0. The summed E-state index contributed by atoms with van der Waals surface area (Å²) >= 11 is 0. The van der Waals surface area contributed by atoms with E-state index in [2.05, 4.69) is 11.9 Å². The summed E-state index contributed by atoms with van der Waals surface area (Å²) < 4.78 is 6.00. The first-order valence-electron chi connectivity index (χ1n) is 8.37. The van der Waals surface area contributed by atoms with Crippen molar-refractivity contribution in [1.29, 1.82) is 0 Å². The van der Waals surface area contributed by atoms with Crippen LogP contribution in [0.2, 0.25) is 0 Å². The minimum absolute atomic E-state index is 0.303. The molecule has 2 unspecified atom stereocenters. The topological polar surface area (TPSA) is 73.2 Å². The van der Waals surface area contributed by atoms with Crippen LogP contribution in [0.25, 0.3) is 0 Å². The first kappa shape index (κ1) is 13.7. The van der Waals surface area contributed by atoms with E-state index in [0.29, 0.717) is 18.4 Å². The van der Waals surface area contributed by atoms with Crippen molar-refractivity contribution < 1.29 is 20.1 Å². The molecule has 0 aromatic heterocycles. The van der Waals surface area contributed by atoms with Crippen LogP contribution in [0.5, 0.6) is 0 Å². The quantitative estimate of drug-likeness (QED) is 0.595. The predicted molar refractivity (Wildman–Crippen MR) is 78.8 cm³/mol. The van der Waals surface area contributed by atoms with Gasteiger partial charge < -0.3 is 25.0 Å². The standard InChI is InChI=1S/C17H23NO4/c1-18-7-6-16-10-3-4-12(19)15(16)22-17(21)13(20)5-2-9(14(16)17)8-11(10)18/h2,5,10-13,15,19-21H,3-4,6-8H2,1H3/t10-,11+,12-,13?,15-,16-,17?/m0/s1. The molecule has 2 heterocycles. The Hall–Kier alpha value is -0.720. The van der Waals surface area contributed by atoms with Gasteiger partial charge in [-0.1, -0.05) is 12.2 Å². The molecular weight excluding hydrogens is 282 g/mol. The van der Waals surface area contributed by atoms with Gasteiger partial charge in [-0.05, 0) is 50.8 Å². The lowest BCUT2D eigenvalue weighted by molar-refractivity contribution is -0.241. The van der Waals surface area contributed by atoms with Gasteiger partial charge in [0, 0.05) is 17.0 Å². The smallest absolute Gasteiger partial charge is 0.220 e. The molecule has 2 aliphatic heterocycles. The molecule has 3 N–H and O–H groups in total. The van der Waals surface area contributed by atoms with E-state index in [4.69, 9.17) is 4.74 Å². The lowest BCUT2D eigenvalue weighted by Gasteiger charge is -2.59. The zero-order chi connectivity index (χ0) is 15.3. The monoisotopic (exact) mass is 305 g/mol. The molecule has 120 valence electrons. The number of ether oxygens (including phenoxy) is 1. The Balaban J connectivity index is 1.78. The molecule has 0 aromatic rings. The second-order valence-electron chi connectivity index (χ2n) is 7.73. The van der Waals surface area contributed by atoms with E-state index >= 15 is 0 Å². The number of piperidine rings is 1. The highest BCUT2D eigenvalue weighted by Gasteiger charge is 2.72. The first-order valence-corrected chi connectivity index (χ1v) is 8.37. The van der Waals surface area contributed by atoms with Gasteiger partial charge in [0.25, 0.3) is 0 Å². The third-order valence-corrected chi connectivity index (χ3v) is 6.96. The van der Waals surface area contributed by atoms with Gasteiger partial charge in [-0.25, -0.2) is 0 Å². The molecule has 3 fully saturated rings. The van der Waals surface area contributed by atoms with Gasteiger partial charge >= 0.3 is 0 Å². The molecule has 0 amide bonds. The number of likely N-dealkylation sites (tertiary alicyclic amines) is 1. The van der Waals surface area contributed by atoms with Gasteiger partial charge in [-0.3, -0.25) is 0 Å². The summed E-state index contributed by atoms with van der Waals surface area (Å²) in [5.41, 5.74) is 1.69. The molecule has 2 saturated heterocycles. The number of allylic oxidation sites excluding steroid dienone is 1. The second-order valence-corrected chi connectivity index (χ2v) is 7.73. The van der Waals surface area contributed by atoms with E-state index < -0.39 is 24.1 Å². The van der Waals surface area contributed by atoms with Crippen LogP contribution in [0, 0.1) is 11.3 Å². The van der Waals surface area contributed by atoms with Gasteiger partial charge in [-0.15, -0.1) is 0 Å². The normalized spacial score (nSPS) is 56.3. The fourth-order valence-corrected chi connectivity index (χ4v) is 6.09. The Morgan fingerprint density at radius 3 is 2.95 bits per heavy atom. The summed E-state index contributed by atoms with van der Waals surface area (Å²) in [6, 6.07) is 0.438. The third-order valence-electron chi connectivity index (χ3n) is 6.96. The Labute approximate surface area is 129 Å². The Morgan fingerprint density at radius 1 is 1.32 bits per heavy atom. The zero-order valence-corrected chi connectivity index (χ0v) is 12.8. The van der Waals surface area contributed by atoms with Gasteiger partial charge in [0.15, 0.2) is 0 Å². The van der Waals surface area contributed by atoms with Crippen molar-refractivity contribution in [2.24, 2.45) is 11.3 Å². The molecule has 22 heavy (non-hydrogen) atoms. The number of aliphatic hydroxyl groups is 3. The van der Waals surface area contributed by atoms with Crippen LogP contribution in [0.1, 0.15) is 25.7 Å². The van der Waals surface area contributed by atoms with Gasteiger partial charge in [0.1, 0.15) is 6.10 Å². The van der Waals surface area contributed by atoms with Gasteiger partial charge in [0.2, 0.25) is 5.79 Å². The van der Waals surface area contributed by atoms with Crippen LogP contribution in [0.4, 0.5) is 0 Å². The molecule has 2 bridgehead atoms. The van der Waals surface area contributed by atoms with E-state index in [-0.39, 0.29) is 5.41 Å². The highest BCUT2D eigenvalue weighted by Crippen LogP contribution is 2.67. The second kappa shape index (κ2) is 4.02. The molecule has 5 aliphatic rings. The third kappa shape index (κ3) is 1.30. The maximum Gasteiger partial charge on any atom is 0.220 e. The predicted octanol–water partition coefficient (Wildman–Crippen LogP) is 0.166. The van der Waals surface area contributed by atoms with E-state index in [0.717, 1.165) is 37.0 Å². The summed E-state index contributed by atoms with van der Waals surface area (Å²) in [5.74, 6) is -1.25. The molecule has 5 heteroatoms. The van der Waals surface area contributed by atoms with E-state index in [1.54, 1.807) is 6.08 Å². The van der Waals surface area contributed by atoms with Gasteiger partial charge in [0.05, 0.1) is 12.2 Å². The molecular formula is C17H23NO4. The van der Waals surface area contributed by atoms with Crippen molar-refractivity contribution in [2.75, 3.05) is 13.6 Å². The zero-order valence-electron chi connectivity index (χ0n) is 12.8. The summed E-state index contributed by atoms with van der Waals surface area (Å²) in [7, 11) is 2.17. The lowest BCUT2D eigenvalue weighted by Crippen LogP contribution is -2.63. The van der Waals surface area contributed by atoms with E-state index in [1.165, 1.54) is 0 Å². The highest BCUT2D eigenvalue weighted by molar-refractivity contribution is 5.49. The highest BCUT2D eigenvalue weighted by atomic mass is 16.7. The molecule has 1 spiro atoms. The minimum Gasteiger partial charge on any atom is -0.390 e. The molecule has 5 rings (SSSR count). The summed E-state index contributed by atoms with van der Waals surface area (Å²) in [6.45, 7) is 0.945. The van der Waals surface area contributed by atoms with Crippen molar-refractivity contribution in [3.63, 3.8) is 0 Å². The molecule has 5 nitrogen and oxygen atoms in total. The largest absolute Gasteiger partial charge is 0.390 e. The van der Waals surface area contributed by atoms with Crippen LogP contribution < -0.4 is 0 Å². The van der Waals surface area contributed by atoms with Crippen LogP contribution in [0.15, 0.2) is 23.3 Å². The Morgan fingerprint density at radius 2 is 2.14 bits per heavy atom. The van der Waals surface area contributed by atoms with Crippen LogP contribution >= 0.6 is 0 Å². The average Bonchev–Trinajstić information content (AvgIpc) is 2.78. The number of rotatable bonds is 0. The minimum atomic E-state index is -1.64. The Kier molecular flexibility index (Phi) is 2.51. The Bertz CT molecular complexity index is 601. The number of aliphatic hydroxyl groups excluding tert-OH is 2. The average molecular weight is 305 g/mol. The van der Waals surface area contributed by atoms with Crippen LogP contribution in [-0.4, -0.2) is 64.0 Å². The summed E-state index contributed by atoms with van der Waals surface area (Å²) in [6.07, 6.45) is 5.05. The maximum atomic E-state index is 11.1. The van der Waals surface area contributed by atoms with Crippen LogP contribution in [0.3, 0.4) is 0 Å². The number of nitrogens with zero attached hydrogens (tertiary/aromatic N) is 1. The molecule has 0 radical (unpaired) electrons. The number of hydrogen-bond acceptors (Lipinski definition) is 5. The van der Waals surface area contributed by atoms with Crippen molar-refractivity contribution in [3.8, 4) is 0 Å². The van der Waals surface area contributed by atoms with E-state index in [1.807, 2.05) is 6.08 Å².